The summed E-state index contributed by atoms with van der Waals surface area (Å²) < 4.78 is 1.71. The van der Waals surface area contributed by atoms with E-state index >= 15 is 0 Å². The van der Waals surface area contributed by atoms with Crippen LogP contribution in [0.25, 0.3) is 10.8 Å². The van der Waals surface area contributed by atoms with Gasteiger partial charge in [-0.05, 0) is 47.7 Å². The Morgan fingerprint density at radius 2 is 1.76 bits per heavy atom. The Kier molecular flexibility index (Phi) is 7.27. The summed E-state index contributed by atoms with van der Waals surface area (Å²) in [5.74, 6) is -1.12. The van der Waals surface area contributed by atoms with Gasteiger partial charge < -0.3 is 15.1 Å². The number of aromatic nitrogens is 3. The van der Waals surface area contributed by atoms with Crippen LogP contribution in [0.2, 0.25) is 0 Å². The van der Waals surface area contributed by atoms with Crippen molar-refractivity contribution in [1.82, 2.24) is 15.0 Å². The number of hydrogen-bond acceptors (Lipinski definition) is 6. The number of aliphatic hydroxyl groups excluding tert-OH is 1. The number of fused-ring (bicyclic) bond motifs is 1. The number of carbonyl (C=O) groups is 2. The molecule has 226 valence electrons. The summed E-state index contributed by atoms with van der Waals surface area (Å²) in [5, 5.41) is 31.5. The van der Waals surface area contributed by atoms with E-state index in [9.17, 15) is 14.7 Å². The van der Waals surface area contributed by atoms with E-state index < -0.39 is 17.4 Å². The molecule has 9 heteroatoms. The molecule has 0 spiro atoms. The van der Waals surface area contributed by atoms with E-state index in [0.717, 1.165) is 27.7 Å². The Morgan fingerprint density at radius 1 is 0.956 bits per heavy atom. The molecule has 2 atom stereocenters. The topological polar surface area (TPSA) is 112 Å². The lowest BCUT2D eigenvalue weighted by molar-refractivity contribution is -0.139. The van der Waals surface area contributed by atoms with Gasteiger partial charge in [-0.1, -0.05) is 78.9 Å². The van der Waals surface area contributed by atoms with Crippen LogP contribution in [0, 0.1) is 5.92 Å². The van der Waals surface area contributed by atoms with Gasteiger partial charge in [-0.2, -0.15) is 0 Å². The van der Waals surface area contributed by atoms with E-state index in [0.29, 0.717) is 48.4 Å². The Labute approximate surface area is 260 Å². The van der Waals surface area contributed by atoms with Crippen molar-refractivity contribution in [2.45, 2.75) is 38.5 Å². The molecule has 7 rings (SSSR count). The van der Waals surface area contributed by atoms with Crippen LogP contribution in [-0.2, 0) is 29.9 Å². The van der Waals surface area contributed by atoms with Crippen LogP contribution in [0.5, 0.6) is 0 Å². The number of aliphatic hydroxyl groups is 2. The lowest BCUT2D eigenvalue weighted by Crippen LogP contribution is -2.44. The standard InChI is InChI=1S/C36H33N5O4/c1-24(9-5-6-19-39-23-27(18-20-42)37-38-39)36(45)30-21-28(16-17-31(30)40(35(36)44)22-25-10-3-2-4-11-25)41-32-15-8-13-26-12-7-14-29(33(26)32)34(41)43/h2-5,7-17,21,23-24,42,45H,6,18-20,22H2,1H3/b9-5+/t24-,36+/m1/s1. The van der Waals surface area contributed by atoms with Crippen molar-refractivity contribution in [2.75, 3.05) is 16.4 Å². The van der Waals surface area contributed by atoms with Gasteiger partial charge in [0.05, 0.1) is 29.2 Å². The molecule has 0 unspecified atom stereocenters. The van der Waals surface area contributed by atoms with Crippen LogP contribution < -0.4 is 9.80 Å². The third-order valence-electron chi connectivity index (χ3n) is 8.81. The first-order chi connectivity index (χ1) is 21.9. The van der Waals surface area contributed by atoms with Gasteiger partial charge in [0.1, 0.15) is 0 Å². The molecule has 0 aliphatic carbocycles. The monoisotopic (exact) mass is 599 g/mol. The Balaban J connectivity index is 1.23. The predicted octanol–water partition coefficient (Wildman–Crippen LogP) is 5.28. The van der Waals surface area contributed by atoms with E-state index in [2.05, 4.69) is 10.3 Å². The first-order valence-corrected chi connectivity index (χ1v) is 15.2. The van der Waals surface area contributed by atoms with E-state index in [1.807, 2.05) is 97.9 Å². The normalized spacial score (nSPS) is 18.0. The minimum Gasteiger partial charge on any atom is -0.396 e. The fourth-order valence-electron chi connectivity index (χ4n) is 6.49. The van der Waals surface area contributed by atoms with Gasteiger partial charge in [-0.3, -0.25) is 19.2 Å². The number of hydrogen-bond donors (Lipinski definition) is 2. The van der Waals surface area contributed by atoms with Gasteiger partial charge in [0.2, 0.25) is 0 Å². The smallest absolute Gasteiger partial charge is 0.264 e. The summed E-state index contributed by atoms with van der Waals surface area (Å²) in [5.41, 5.74) is 2.92. The number of amides is 2. The molecule has 2 aliphatic rings. The van der Waals surface area contributed by atoms with Crippen molar-refractivity contribution < 1.29 is 19.8 Å². The number of carbonyl (C=O) groups excluding carboxylic acids is 2. The number of benzene rings is 4. The molecule has 0 bridgehead atoms. The van der Waals surface area contributed by atoms with Gasteiger partial charge in [-0.25, -0.2) is 0 Å². The van der Waals surface area contributed by atoms with Gasteiger partial charge in [0.25, 0.3) is 11.8 Å². The first kappa shape index (κ1) is 28.6. The zero-order valence-corrected chi connectivity index (χ0v) is 24.9. The van der Waals surface area contributed by atoms with Gasteiger partial charge in [0, 0.05) is 48.3 Å². The lowest BCUT2D eigenvalue weighted by Gasteiger charge is -2.28. The lowest BCUT2D eigenvalue weighted by atomic mass is 9.82. The molecule has 0 saturated carbocycles. The molecular formula is C36H33N5O4. The summed E-state index contributed by atoms with van der Waals surface area (Å²) in [6.07, 6.45) is 6.67. The SMILES string of the molecule is C[C@H](/C=C/CCn1cc(CCO)nn1)[C@@]1(O)C(=O)N(Cc2ccccc2)c2ccc(N3C(=O)c4cccc5cccc3c45)cc21. The minimum absolute atomic E-state index is 0.0156. The van der Waals surface area contributed by atoms with Crippen LogP contribution >= 0.6 is 0 Å². The number of allylic oxidation sites excluding steroid dienone is 1. The molecule has 2 N–H and O–H groups in total. The highest BCUT2D eigenvalue weighted by Crippen LogP contribution is 2.49. The highest BCUT2D eigenvalue weighted by molar-refractivity contribution is 6.28. The predicted molar refractivity (Wildman–Crippen MR) is 172 cm³/mol. The average molecular weight is 600 g/mol. The summed E-state index contributed by atoms with van der Waals surface area (Å²) in [6, 6.07) is 26.7. The van der Waals surface area contributed by atoms with Crippen LogP contribution in [0.3, 0.4) is 0 Å². The molecule has 5 aromatic rings. The van der Waals surface area contributed by atoms with Crippen molar-refractivity contribution >= 4 is 39.6 Å². The summed E-state index contributed by atoms with van der Waals surface area (Å²) in [6.45, 7) is 2.73. The van der Waals surface area contributed by atoms with Gasteiger partial charge in [0.15, 0.2) is 5.60 Å². The molecule has 0 saturated heterocycles. The van der Waals surface area contributed by atoms with Crippen LogP contribution in [0.1, 0.15) is 40.5 Å². The summed E-state index contributed by atoms with van der Waals surface area (Å²) >= 11 is 0. The van der Waals surface area contributed by atoms with Crippen molar-refractivity contribution in [1.29, 1.82) is 0 Å². The van der Waals surface area contributed by atoms with Gasteiger partial charge in [-0.15, -0.1) is 5.10 Å². The maximum absolute atomic E-state index is 14.2. The molecule has 45 heavy (non-hydrogen) atoms. The Bertz CT molecular complexity index is 1950. The zero-order chi connectivity index (χ0) is 31.1. The van der Waals surface area contributed by atoms with Crippen LogP contribution in [-0.4, -0.2) is 43.6 Å². The average Bonchev–Trinajstić information content (AvgIpc) is 3.69. The zero-order valence-electron chi connectivity index (χ0n) is 24.9. The molecule has 4 aromatic carbocycles. The quantitative estimate of drug-likeness (QED) is 0.212. The second-order valence-electron chi connectivity index (χ2n) is 11.6. The maximum atomic E-state index is 14.2. The molecule has 1 aromatic heterocycles. The van der Waals surface area contributed by atoms with Crippen molar-refractivity contribution in [3.63, 3.8) is 0 Å². The number of aryl methyl sites for hydroxylation is 1. The minimum atomic E-state index is -1.85. The van der Waals surface area contributed by atoms with E-state index in [4.69, 9.17) is 5.11 Å². The molecule has 0 fully saturated rings. The third kappa shape index (κ3) is 4.81. The molecule has 3 heterocycles. The summed E-state index contributed by atoms with van der Waals surface area (Å²) in [4.78, 5) is 31.2. The second-order valence-corrected chi connectivity index (χ2v) is 11.6. The van der Waals surface area contributed by atoms with Crippen molar-refractivity contribution in [3.8, 4) is 0 Å². The molecule has 9 nitrogen and oxygen atoms in total. The number of nitrogens with zero attached hydrogens (tertiary/aromatic N) is 5. The largest absolute Gasteiger partial charge is 0.396 e. The van der Waals surface area contributed by atoms with E-state index in [-0.39, 0.29) is 12.5 Å². The first-order valence-electron chi connectivity index (χ1n) is 15.2. The van der Waals surface area contributed by atoms with Crippen LogP contribution in [0.4, 0.5) is 17.1 Å². The number of rotatable bonds is 10. The highest BCUT2D eigenvalue weighted by atomic mass is 16.3. The highest BCUT2D eigenvalue weighted by Gasteiger charge is 2.53. The maximum Gasteiger partial charge on any atom is 0.264 e. The van der Waals surface area contributed by atoms with Crippen LogP contribution in [0.15, 0.2) is 103 Å². The third-order valence-corrected chi connectivity index (χ3v) is 8.81. The Hall–Kier alpha value is -5.12. The second kappa shape index (κ2) is 11.4. The van der Waals surface area contributed by atoms with Gasteiger partial charge >= 0.3 is 0 Å². The molecule has 2 amide bonds. The molecular weight excluding hydrogens is 566 g/mol. The fourth-order valence-corrected chi connectivity index (χ4v) is 6.49. The van der Waals surface area contributed by atoms with E-state index in [1.54, 1.807) is 26.7 Å². The fraction of sp³-hybridized carbons (Fsp3) is 0.222. The van der Waals surface area contributed by atoms with Crippen molar-refractivity contribution in [3.05, 3.63) is 126 Å². The molecule has 0 radical (unpaired) electrons. The summed E-state index contributed by atoms with van der Waals surface area (Å²) in [7, 11) is 0. The van der Waals surface area contributed by atoms with E-state index in [1.165, 1.54) is 0 Å². The molecule has 2 aliphatic heterocycles. The van der Waals surface area contributed by atoms with Crippen molar-refractivity contribution in [2.24, 2.45) is 5.92 Å². The number of anilines is 3. The Morgan fingerprint density at radius 3 is 2.56 bits per heavy atom.